The van der Waals surface area contributed by atoms with Gasteiger partial charge in [-0.1, -0.05) is 67.2 Å². The van der Waals surface area contributed by atoms with Crippen LogP contribution in [0.3, 0.4) is 0 Å². The van der Waals surface area contributed by atoms with Gasteiger partial charge in [0.15, 0.2) is 0 Å². The Morgan fingerprint density at radius 3 is 2.17 bits per heavy atom. The largest absolute Gasteiger partial charge is 0.465 e. The van der Waals surface area contributed by atoms with Gasteiger partial charge in [0, 0.05) is 0 Å². The van der Waals surface area contributed by atoms with Gasteiger partial charge in [0.25, 0.3) is 0 Å². The summed E-state index contributed by atoms with van der Waals surface area (Å²) in [4.78, 5) is 12.8. The molecule has 0 aliphatic heterocycles. The molecule has 0 rings (SSSR count). The number of ether oxygens (including phenoxy) is 1. The third-order valence-corrected chi connectivity index (χ3v) is 5.27. The monoisotopic (exact) mass is 339 g/mol. The molecule has 0 aliphatic carbocycles. The smallest absolute Gasteiger partial charge is 0.312 e. The first-order chi connectivity index (χ1) is 11.1. The van der Waals surface area contributed by atoms with E-state index in [1.807, 2.05) is 0 Å². The zero-order valence-electron chi connectivity index (χ0n) is 17.7. The lowest BCUT2D eigenvalue weighted by atomic mass is 9.69. The lowest BCUT2D eigenvalue weighted by molar-refractivity contribution is -0.161. The summed E-state index contributed by atoms with van der Waals surface area (Å²) in [5, 5.41) is 0. The lowest BCUT2D eigenvalue weighted by Crippen LogP contribution is -2.39. The zero-order valence-corrected chi connectivity index (χ0v) is 17.7. The summed E-state index contributed by atoms with van der Waals surface area (Å²) < 4.78 is 5.80. The first-order valence-electron chi connectivity index (χ1n) is 10.0. The van der Waals surface area contributed by atoms with Crippen LogP contribution in [0.2, 0.25) is 0 Å². The molecule has 0 saturated heterocycles. The van der Waals surface area contributed by atoms with Crippen molar-refractivity contribution in [3.8, 4) is 0 Å². The van der Waals surface area contributed by atoms with Crippen molar-refractivity contribution in [3.05, 3.63) is 6.42 Å². The van der Waals surface area contributed by atoms with Crippen LogP contribution in [0.1, 0.15) is 100 Å². The summed E-state index contributed by atoms with van der Waals surface area (Å²) in [5.74, 6) is 0.784. The molecule has 0 aromatic carbocycles. The normalized spacial score (nSPS) is 16.0. The minimum atomic E-state index is -0.395. The third-order valence-electron chi connectivity index (χ3n) is 5.27. The average molecular weight is 340 g/mol. The van der Waals surface area contributed by atoms with E-state index in [4.69, 9.17) is 4.74 Å². The van der Waals surface area contributed by atoms with Crippen LogP contribution in [0.15, 0.2) is 0 Å². The number of hydrogen-bond donors (Lipinski definition) is 0. The fourth-order valence-corrected chi connectivity index (χ4v) is 3.34. The van der Waals surface area contributed by atoms with Crippen LogP contribution in [-0.2, 0) is 9.53 Å². The van der Waals surface area contributed by atoms with E-state index >= 15 is 0 Å². The Morgan fingerprint density at radius 1 is 1.08 bits per heavy atom. The van der Waals surface area contributed by atoms with Gasteiger partial charge in [-0.15, -0.1) is 0 Å². The molecule has 0 saturated carbocycles. The highest BCUT2D eigenvalue weighted by molar-refractivity contribution is 5.76. The highest BCUT2D eigenvalue weighted by Gasteiger charge is 2.41. The molecule has 24 heavy (non-hydrogen) atoms. The van der Waals surface area contributed by atoms with E-state index in [1.165, 1.54) is 32.1 Å². The Bertz CT molecular complexity index is 340. The van der Waals surface area contributed by atoms with Crippen LogP contribution >= 0.6 is 0 Å². The van der Waals surface area contributed by atoms with Crippen LogP contribution in [0.5, 0.6) is 0 Å². The quantitative estimate of drug-likeness (QED) is 0.221. The van der Waals surface area contributed by atoms with Crippen molar-refractivity contribution in [1.29, 1.82) is 0 Å². The summed E-state index contributed by atoms with van der Waals surface area (Å²) in [6, 6.07) is 0. The zero-order chi connectivity index (χ0) is 18.8. The molecule has 2 heteroatoms. The second kappa shape index (κ2) is 11.2. The molecule has 0 bridgehead atoms. The second-order valence-electron chi connectivity index (χ2n) is 9.23. The summed E-state index contributed by atoms with van der Waals surface area (Å²) >= 11 is 0. The molecule has 2 unspecified atom stereocenters. The molecule has 0 aromatic rings. The van der Waals surface area contributed by atoms with Gasteiger partial charge < -0.3 is 11.2 Å². The number of hydrogen-bond acceptors (Lipinski definition) is 2. The van der Waals surface area contributed by atoms with Gasteiger partial charge in [-0.05, 0) is 37.0 Å². The Kier molecular flexibility index (Phi) is 10.9. The van der Waals surface area contributed by atoms with E-state index in [0.717, 1.165) is 12.8 Å². The van der Waals surface area contributed by atoms with E-state index in [0.29, 0.717) is 12.5 Å². The maximum Gasteiger partial charge on any atom is 0.312 e. The molecule has 2 nitrogen and oxygen atoms in total. The van der Waals surface area contributed by atoms with Crippen molar-refractivity contribution in [2.45, 2.75) is 100 Å². The highest BCUT2D eigenvalue weighted by atomic mass is 16.5. The van der Waals surface area contributed by atoms with Crippen LogP contribution < -0.4 is 0 Å². The fraction of sp³-hybridized carbons (Fsp3) is 0.909. The maximum atomic E-state index is 12.8. The van der Waals surface area contributed by atoms with E-state index in [2.05, 4.69) is 61.8 Å². The van der Waals surface area contributed by atoms with E-state index in [9.17, 15) is 4.79 Å². The minimum absolute atomic E-state index is 0.00791. The van der Waals surface area contributed by atoms with Gasteiger partial charge in [-0.3, -0.25) is 4.79 Å². The SMILES string of the molecule is C[CH-]CCCCCC(CC)COC(=O)C(C)(CC(C)(C)C)C(C)C. The molecule has 0 radical (unpaired) electrons. The number of unbranched alkanes of at least 4 members (excludes halogenated alkanes) is 4. The maximum absolute atomic E-state index is 12.8. The van der Waals surface area contributed by atoms with Crippen molar-refractivity contribution in [3.63, 3.8) is 0 Å². The Balaban J connectivity index is 4.48. The molecule has 2 atom stereocenters. The number of esters is 1. The molecular weight excluding hydrogens is 296 g/mol. The van der Waals surface area contributed by atoms with Crippen molar-refractivity contribution >= 4 is 5.97 Å². The topological polar surface area (TPSA) is 26.3 Å². The summed E-state index contributed by atoms with van der Waals surface area (Å²) in [6.45, 7) is 17.8. The van der Waals surface area contributed by atoms with Crippen LogP contribution in [0.25, 0.3) is 0 Å². The van der Waals surface area contributed by atoms with Gasteiger partial charge >= 0.3 is 5.97 Å². The molecule has 0 fully saturated rings. The first-order valence-corrected chi connectivity index (χ1v) is 10.0. The number of carbonyl (C=O) groups excluding carboxylic acids is 1. The molecule has 0 aliphatic rings. The lowest BCUT2D eigenvalue weighted by Gasteiger charge is -2.37. The molecular formula is C22H43O2-. The van der Waals surface area contributed by atoms with Crippen molar-refractivity contribution in [2.24, 2.45) is 22.7 Å². The Morgan fingerprint density at radius 2 is 1.71 bits per heavy atom. The molecule has 0 aromatic heterocycles. The second-order valence-corrected chi connectivity index (χ2v) is 9.23. The predicted molar refractivity (Wildman–Crippen MR) is 105 cm³/mol. The van der Waals surface area contributed by atoms with Crippen LogP contribution in [-0.4, -0.2) is 12.6 Å². The summed E-state index contributed by atoms with van der Waals surface area (Å²) in [5.41, 5.74) is -0.272. The standard InChI is InChI=1S/C22H43O2/c1-9-11-12-13-14-15-19(10-2)16-24-20(23)22(8,18(3)4)17-21(5,6)7/h9,18-19H,10-17H2,1-8H3/q-1. The van der Waals surface area contributed by atoms with E-state index in [-0.39, 0.29) is 17.3 Å². The van der Waals surface area contributed by atoms with Gasteiger partial charge in [0.2, 0.25) is 0 Å². The van der Waals surface area contributed by atoms with Crippen molar-refractivity contribution in [2.75, 3.05) is 6.61 Å². The van der Waals surface area contributed by atoms with Crippen LogP contribution in [0.4, 0.5) is 0 Å². The molecule has 0 N–H and O–H groups in total. The Hall–Kier alpha value is -0.530. The first kappa shape index (κ1) is 23.5. The number of carbonyl (C=O) groups is 1. The average Bonchev–Trinajstić information content (AvgIpc) is 2.47. The number of rotatable bonds is 12. The van der Waals surface area contributed by atoms with E-state index < -0.39 is 5.41 Å². The molecule has 0 heterocycles. The van der Waals surface area contributed by atoms with Crippen LogP contribution in [0, 0.1) is 29.1 Å². The summed E-state index contributed by atoms with van der Waals surface area (Å²) in [7, 11) is 0. The highest BCUT2D eigenvalue weighted by Crippen LogP contribution is 2.40. The van der Waals surface area contributed by atoms with Gasteiger partial charge in [0.05, 0.1) is 12.0 Å². The molecule has 0 amide bonds. The minimum Gasteiger partial charge on any atom is -0.465 e. The molecule has 0 spiro atoms. The van der Waals surface area contributed by atoms with Crippen molar-refractivity contribution < 1.29 is 9.53 Å². The Labute approximate surface area is 152 Å². The third kappa shape index (κ3) is 9.08. The fourth-order valence-electron chi connectivity index (χ4n) is 3.34. The van der Waals surface area contributed by atoms with Gasteiger partial charge in [-0.25, -0.2) is 0 Å². The molecule has 144 valence electrons. The van der Waals surface area contributed by atoms with Gasteiger partial charge in [-0.2, -0.15) is 13.3 Å². The van der Waals surface area contributed by atoms with Crippen molar-refractivity contribution in [1.82, 2.24) is 0 Å². The predicted octanol–water partition coefficient (Wildman–Crippen LogP) is 6.83. The van der Waals surface area contributed by atoms with Gasteiger partial charge in [0.1, 0.15) is 0 Å². The van der Waals surface area contributed by atoms with E-state index in [1.54, 1.807) is 0 Å². The summed E-state index contributed by atoms with van der Waals surface area (Å²) in [6.07, 6.45) is 10.4.